The molecule has 1 heterocycles. The van der Waals surface area contributed by atoms with Crippen LogP contribution in [0.15, 0.2) is 18.2 Å². The third kappa shape index (κ3) is 1.67. The number of hydrogen-bond acceptors (Lipinski definition) is 1. The molecule has 1 aliphatic heterocycles. The Labute approximate surface area is 83.9 Å². The second-order valence-corrected chi connectivity index (χ2v) is 3.75. The first-order valence-corrected chi connectivity index (χ1v) is 5.21. The Morgan fingerprint density at radius 1 is 1.50 bits per heavy atom. The Morgan fingerprint density at radius 3 is 3.14 bits per heavy atom. The van der Waals surface area contributed by atoms with E-state index in [9.17, 15) is 4.39 Å². The lowest BCUT2D eigenvalue weighted by Gasteiger charge is -2.10. The zero-order valence-electron chi connectivity index (χ0n) is 8.42. The Balaban J connectivity index is 2.20. The van der Waals surface area contributed by atoms with Gasteiger partial charge in [-0.2, -0.15) is 0 Å². The van der Waals surface area contributed by atoms with Gasteiger partial charge in [-0.3, -0.25) is 0 Å². The van der Waals surface area contributed by atoms with E-state index in [0.29, 0.717) is 6.61 Å². The van der Waals surface area contributed by atoms with Gasteiger partial charge in [0.1, 0.15) is 5.82 Å². The maximum absolute atomic E-state index is 13.5. The zero-order chi connectivity index (χ0) is 9.97. The van der Waals surface area contributed by atoms with Gasteiger partial charge in [-0.05, 0) is 18.1 Å². The average Bonchev–Trinajstić information content (AvgIpc) is 2.59. The van der Waals surface area contributed by atoms with Gasteiger partial charge in [0, 0.05) is 5.56 Å². The quantitative estimate of drug-likeness (QED) is 0.714. The van der Waals surface area contributed by atoms with Crippen molar-refractivity contribution in [2.24, 2.45) is 0 Å². The number of benzene rings is 1. The van der Waals surface area contributed by atoms with Gasteiger partial charge in [0.15, 0.2) is 0 Å². The molecular formula is C12H15FO. The summed E-state index contributed by atoms with van der Waals surface area (Å²) >= 11 is 0. The van der Waals surface area contributed by atoms with Crippen LogP contribution in [-0.4, -0.2) is 0 Å². The molecule has 1 unspecified atom stereocenters. The normalized spacial score (nSPS) is 19.7. The van der Waals surface area contributed by atoms with E-state index in [2.05, 4.69) is 6.92 Å². The van der Waals surface area contributed by atoms with Gasteiger partial charge in [-0.1, -0.05) is 31.9 Å². The monoisotopic (exact) mass is 194 g/mol. The Morgan fingerprint density at radius 2 is 2.36 bits per heavy atom. The molecule has 0 saturated carbocycles. The van der Waals surface area contributed by atoms with E-state index in [1.54, 1.807) is 6.07 Å². The van der Waals surface area contributed by atoms with Gasteiger partial charge in [0.25, 0.3) is 0 Å². The number of rotatable bonds is 3. The third-order valence-corrected chi connectivity index (χ3v) is 2.73. The van der Waals surface area contributed by atoms with Crippen LogP contribution < -0.4 is 0 Å². The van der Waals surface area contributed by atoms with E-state index in [0.717, 1.165) is 30.4 Å². The molecule has 1 aromatic carbocycles. The fourth-order valence-electron chi connectivity index (χ4n) is 1.96. The molecule has 1 nitrogen and oxygen atoms in total. The smallest absolute Gasteiger partial charge is 0.129 e. The van der Waals surface area contributed by atoms with Crippen LogP contribution in [0.5, 0.6) is 0 Å². The summed E-state index contributed by atoms with van der Waals surface area (Å²) in [7, 11) is 0. The minimum absolute atomic E-state index is 0.00819. The van der Waals surface area contributed by atoms with E-state index in [1.807, 2.05) is 6.07 Å². The van der Waals surface area contributed by atoms with E-state index in [1.165, 1.54) is 6.07 Å². The number of ether oxygens (including phenoxy) is 1. The minimum atomic E-state index is -0.110. The van der Waals surface area contributed by atoms with Crippen molar-refractivity contribution in [3.05, 3.63) is 35.1 Å². The van der Waals surface area contributed by atoms with Gasteiger partial charge >= 0.3 is 0 Å². The summed E-state index contributed by atoms with van der Waals surface area (Å²) in [5.41, 5.74) is 1.81. The van der Waals surface area contributed by atoms with Crippen molar-refractivity contribution in [2.45, 2.75) is 38.9 Å². The van der Waals surface area contributed by atoms with Gasteiger partial charge in [-0.25, -0.2) is 4.39 Å². The van der Waals surface area contributed by atoms with Gasteiger partial charge < -0.3 is 4.74 Å². The maximum atomic E-state index is 13.5. The number of fused-ring (bicyclic) bond motifs is 1. The fraction of sp³-hybridized carbons (Fsp3) is 0.500. The van der Waals surface area contributed by atoms with Crippen LogP contribution in [0, 0.1) is 5.82 Å². The van der Waals surface area contributed by atoms with Crippen LogP contribution in [0.25, 0.3) is 0 Å². The largest absolute Gasteiger partial charge is 0.369 e. The molecule has 1 aromatic rings. The summed E-state index contributed by atoms with van der Waals surface area (Å²) in [6.07, 6.45) is 3.15. The topological polar surface area (TPSA) is 9.23 Å². The molecule has 0 spiro atoms. The fourth-order valence-corrected chi connectivity index (χ4v) is 1.96. The van der Waals surface area contributed by atoms with Crippen LogP contribution in [0.1, 0.15) is 43.4 Å². The highest BCUT2D eigenvalue weighted by Crippen LogP contribution is 2.35. The van der Waals surface area contributed by atoms with Crippen molar-refractivity contribution in [3.8, 4) is 0 Å². The lowest BCUT2D eigenvalue weighted by Crippen LogP contribution is -1.98. The van der Waals surface area contributed by atoms with E-state index in [4.69, 9.17) is 4.74 Å². The summed E-state index contributed by atoms with van der Waals surface area (Å²) in [5, 5.41) is 0. The molecule has 0 aromatic heterocycles. The van der Waals surface area contributed by atoms with E-state index < -0.39 is 0 Å². The zero-order valence-corrected chi connectivity index (χ0v) is 8.42. The highest BCUT2D eigenvalue weighted by Gasteiger charge is 2.25. The molecule has 0 saturated heterocycles. The Kier molecular flexibility index (Phi) is 2.82. The molecule has 0 bridgehead atoms. The van der Waals surface area contributed by atoms with Crippen LogP contribution >= 0.6 is 0 Å². The summed E-state index contributed by atoms with van der Waals surface area (Å²) < 4.78 is 19.1. The molecule has 14 heavy (non-hydrogen) atoms. The SMILES string of the molecule is CCCCC1OCc2cccc(F)c21. The summed E-state index contributed by atoms with van der Waals surface area (Å²) in [4.78, 5) is 0. The summed E-state index contributed by atoms with van der Waals surface area (Å²) in [6, 6.07) is 5.22. The average molecular weight is 194 g/mol. The lowest BCUT2D eigenvalue weighted by atomic mass is 10.0. The molecule has 0 fully saturated rings. The predicted octanol–water partition coefficient (Wildman–Crippen LogP) is 3.59. The van der Waals surface area contributed by atoms with Crippen LogP contribution in [-0.2, 0) is 11.3 Å². The van der Waals surface area contributed by atoms with Crippen molar-refractivity contribution >= 4 is 0 Å². The molecule has 0 aliphatic carbocycles. The van der Waals surface area contributed by atoms with Crippen molar-refractivity contribution < 1.29 is 9.13 Å². The summed E-state index contributed by atoms with van der Waals surface area (Å²) in [6.45, 7) is 2.71. The highest BCUT2D eigenvalue weighted by molar-refractivity contribution is 5.32. The molecule has 0 radical (unpaired) electrons. The van der Waals surface area contributed by atoms with E-state index >= 15 is 0 Å². The predicted molar refractivity (Wildman–Crippen MR) is 53.5 cm³/mol. The maximum Gasteiger partial charge on any atom is 0.129 e. The third-order valence-electron chi connectivity index (χ3n) is 2.73. The molecule has 1 atom stereocenters. The van der Waals surface area contributed by atoms with Crippen molar-refractivity contribution in [1.82, 2.24) is 0 Å². The molecule has 0 N–H and O–H groups in total. The highest BCUT2D eigenvalue weighted by atomic mass is 19.1. The van der Waals surface area contributed by atoms with Gasteiger partial charge in [0.2, 0.25) is 0 Å². The lowest BCUT2D eigenvalue weighted by molar-refractivity contribution is 0.0570. The van der Waals surface area contributed by atoms with Crippen molar-refractivity contribution in [3.63, 3.8) is 0 Å². The molecular weight excluding hydrogens is 179 g/mol. The molecule has 0 amide bonds. The summed E-state index contributed by atoms with van der Waals surface area (Å²) in [5.74, 6) is -0.110. The molecule has 76 valence electrons. The number of hydrogen-bond donors (Lipinski definition) is 0. The van der Waals surface area contributed by atoms with E-state index in [-0.39, 0.29) is 11.9 Å². The first-order valence-electron chi connectivity index (χ1n) is 5.21. The second kappa shape index (κ2) is 4.09. The standard InChI is InChI=1S/C12H15FO/c1-2-3-7-11-12-9(8-14-11)5-4-6-10(12)13/h4-6,11H,2-3,7-8H2,1H3. The molecule has 2 rings (SSSR count). The molecule has 2 heteroatoms. The van der Waals surface area contributed by atoms with Crippen molar-refractivity contribution in [2.75, 3.05) is 0 Å². The Bertz CT molecular complexity index is 322. The number of unbranched alkanes of at least 4 members (excludes halogenated alkanes) is 1. The number of halogens is 1. The van der Waals surface area contributed by atoms with Crippen LogP contribution in [0.3, 0.4) is 0 Å². The first kappa shape index (κ1) is 9.66. The minimum Gasteiger partial charge on any atom is -0.369 e. The first-order chi connectivity index (χ1) is 6.83. The molecule has 1 aliphatic rings. The van der Waals surface area contributed by atoms with Crippen LogP contribution in [0.4, 0.5) is 4.39 Å². The van der Waals surface area contributed by atoms with Crippen LogP contribution in [0.2, 0.25) is 0 Å². The van der Waals surface area contributed by atoms with Crippen molar-refractivity contribution in [1.29, 1.82) is 0 Å². The van der Waals surface area contributed by atoms with Gasteiger partial charge in [-0.15, -0.1) is 0 Å². The van der Waals surface area contributed by atoms with Gasteiger partial charge in [0.05, 0.1) is 12.7 Å². The Hall–Kier alpha value is -0.890. The second-order valence-electron chi connectivity index (χ2n) is 3.75.